The predicted molar refractivity (Wildman–Crippen MR) is 68.7 cm³/mol. The van der Waals surface area contributed by atoms with Crippen molar-refractivity contribution in [3.05, 3.63) is 12.7 Å². The second-order valence-corrected chi connectivity index (χ2v) is 6.36. The van der Waals surface area contributed by atoms with Gasteiger partial charge in [-0.2, -0.15) is 0 Å². The van der Waals surface area contributed by atoms with Gasteiger partial charge in [-0.15, -0.1) is 6.58 Å². The Morgan fingerprint density at radius 1 is 0.950 bits per heavy atom. The lowest BCUT2D eigenvalue weighted by atomic mass is 9.95. The molecule has 0 radical (unpaired) electrons. The lowest BCUT2D eigenvalue weighted by molar-refractivity contribution is -0.247. The van der Waals surface area contributed by atoms with E-state index in [2.05, 4.69) is 6.58 Å². The van der Waals surface area contributed by atoms with E-state index >= 15 is 0 Å². The van der Waals surface area contributed by atoms with Crippen LogP contribution >= 0.6 is 0 Å². The first-order valence-electron chi connectivity index (χ1n) is 6.90. The van der Waals surface area contributed by atoms with Gasteiger partial charge >= 0.3 is 0 Å². The van der Waals surface area contributed by atoms with Gasteiger partial charge in [0.15, 0.2) is 17.9 Å². The van der Waals surface area contributed by atoms with Crippen LogP contribution in [0.25, 0.3) is 0 Å². The maximum atomic E-state index is 10.1. The van der Waals surface area contributed by atoms with Crippen LogP contribution in [0.5, 0.6) is 0 Å². The highest BCUT2D eigenvalue weighted by Gasteiger charge is 2.61. The minimum absolute atomic E-state index is 0.342. The van der Waals surface area contributed by atoms with Gasteiger partial charge in [0.25, 0.3) is 0 Å². The molecule has 6 atom stereocenters. The molecule has 3 fully saturated rings. The molecule has 1 N–H and O–H groups in total. The van der Waals surface area contributed by atoms with E-state index in [0.29, 0.717) is 0 Å². The van der Waals surface area contributed by atoms with Crippen LogP contribution < -0.4 is 0 Å². The molecule has 3 saturated heterocycles. The van der Waals surface area contributed by atoms with Crippen LogP contribution in [0.15, 0.2) is 12.7 Å². The second kappa shape index (κ2) is 4.50. The Labute approximate surface area is 118 Å². The van der Waals surface area contributed by atoms with E-state index in [1.165, 1.54) is 6.08 Å². The third-order valence-corrected chi connectivity index (χ3v) is 3.77. The highest BCUT2D eigenvalue weighted by atomic mass is 16.9. The molecule has 20 heavy (non-hydrogen) atoms. The van der Waals surface area contributed by atoms with Crippen LogP contribution in [0.2, 0.25) is 0 Å². The summed E-state index contributed by atoms with van der Waals surface area (Å²) in [5, 5.41) is 10.1. The number of ether oxygens (including phenoxy) is 5. The van der Waals surface area contributed by atoms with Crippen molar-refractivity contribution in [3.8, 4) is 0 Å². The molecule has 3 aliphatic rings. The molecule has 0 unspecified atom stereocenters. The van der Waals surface area contributed by atoms with Gasteiger partial charge in [-0.05, 0) is 27.7 Å². The predicted octanol–water partition coefficient (Wildman–Crippen LogP) is 0.930. The summed E-state index contributed by atoms with van der Waals surface area (Å²) >= 11 is 0. The third kappa shape index (κ3) is 2.30. The van der Waals surface area contributed by atoms with E-state index in [9.17, 15) is 5.11 Å². The monoisotopic (exact) mass is 286 g/mol. The fourth-order valence-corrected chi connectivity index (χ4v) is 3.05. The zero-order valence-corrected chi connectivity index (χ0v) is 12.2. The fourth-order valence-electron chi connectivity index (χ4n) is 3.05. The fraction of sp³-hybridized carbons (Fsp3) is 0.857. The van der Waals surface area contributed by atoms with Crippen molar-refractivity contribution < 1.29 is 28.8 Å². The Balaban J connectivity index is 1.89. The topological polar surface area (TPSA) is 66.4 Å². The molecule has 6 nitrogen and oxygen atoms in total. The summed E-state index contributed by atoms with van der Waals surface area (Å²) < 4.78 is 29.2. The van der Waals surface area contributed by atoms with Gasteiger partial charge in [-0.25, -0.2) is 0 Å². The zero-order valence-electron chi connectivity index (χ0n) is 12.2. The molecule has 3 rings (SSSR count). The Morgan fingerprint density at radius 3 is 2.15 bits per heavy atom. The van der Waals surface area contributed by atoms with Crippen molar-refractivity contribution in [2.24, 2.45) is 0 Å². The van der Waals surface area contributed by atoms with Crippen LogP contribution in [0.4, 0.5) is 0 Å². The van der Waals surface area contributed by atoms with Crippen LogP contribution in [0, 0.1) is 0 Å². The van der Waals surface area contributed by atoms with Gasteiger partial charge in [0.1, 0.15) is 30.5 Å². The van der Waals surface area contributed by atoms with Gasteiger partial charge < -0.3 is 28.8 Å². The zero-order chi connectivity index (χ0) is 14.7. The molecule has 114 valence electrons. The number of hydrogen-bond acceptors (Lipinski definition) is 6. The van der Waals surface area contributed by atoms with Crippen molar-refractivity contribution in [3.63, 3.8) is 0 Å². The SMILES string of the molecule is C=C[C@@H](O)[C@@H]1O[C@H]2OC(C)(C)O[C@@H]2[C@H]2OC(C)(C)O[C@H]21. The first-order valence-corrected chi connectivity index (χ1v) is 6.90. The Hall–Kier alpha value is -0.500. The molecule has 0 aromatic rings. The average Bonchev–Trinajstić information content (AvgIpc) is 2.81. The summed E-state index contributed by atoms with van der Waals surface area (Å²) in [6, 6.07) is 0. The Kier molecular flexibility index (Phi) is 3.25. The molecule has 3 aliphatic heterocycles. The smallest absolute Gasteiger partial charge is 0.190 e. The lowest BCUT2D eigenvalue weighted by Gasteiger charge is -2.38. The van der Waals surface area contributed by atoms with Gasteiger partial charge in [-0.3, -0.25) is 0 Å². The van der Waals surface area contributed by atoms with Gasteiger partial charge in [0, 0.05) is 0 Å². The van der Waals surface area contributed by atoms with Crippen LogP contribution in [0.1, 0.15) is 27.7 Å². The molecule has 0 amide bonds. The summed E-state index contributed by atoms with van der Waals surface area (Å²) in [4.78, 5) is 0. The third-order valence-electron chi connectivity index (χ3n) is 3.77. The molecule has 3 heterocycles. The molecule has 0 aromatic heterocycles. The van der Waals surface area contributed by atoms with Crippen LogP contribution in [-0.2, 0) is 23.7 Å². The molecule has 6 heteroatoms. The van der Waals surface area contributed by atoms with Gasteiger partial charge in [0.2, 0.25) is 0 Å². The molecule has 0 aliphatic carbocycles. The maximum absolute atomic E-state index is 10.1. The lowest BCUT2D eigenvalue weighted by Crippen LogP contribution is -2.58. The molecular weight excluding hydrogens is 264 g/mol. The van der Waals surface area contributed by atoms with Crippen molar-refractivity contribution >= 4 is 0 Å². The summed E-state index contributed by atoms with van der Waals surface area (Å²) in [6.45, 7) is 10.9. The highest BCUT2D eigenvalue weighted by molar-refractivity contribution is 5.04. The minimum Gasteiger partial charge on any atom is -0.386 e. The molecule has 0 saturated carbocycles. The van der Waals surface area contributed by atoms with E-state index in [1.54, 1.807) is 0 Å². The molecular formula is C14H22O6. The van der Waals surface area contributed by atoms with Gasteiger partial charge in [-0.1, -0.05) is 6.08 Å². The second-order valence-electron chi connectivity index (χ2n) is 6.36. The van der Waals surface area contributed by atoms with E-state index < -0.39 is 36.2 Å². The van der Waals surface area contributed by atoms with E-state index in [-0.39, 0.29) is 12.2 Å². The first-order chi connectivity index (χ1) is 9.22. The summed E-state index contributed by atoms with van der Waals surface area (Å²) in [7, 11) is 0. The molecule has 0 bridgehead atoms. The van der Waals surface area contributed by atoms with E-state index in [4.69, 9.17) is 23.7 Å². The van der Waals surface area contributed by atoms with Crippen LogP contribution in [-0.4, -0.2) is 53.5 Å². The van der Waals surface area contributed by atoms with Crippen molar-refractivity contribution in [1.82, 2.24) is 0 Å². The van der Waals surface area contributed by atoms with E-state index in [1.807, 2.05) is 27.7 Å². The normalized spacial score (nSPS) is 46.5. The van der Waals surface area contributed by atoms with Crippen LogP contribution in [0.3, 0.4) is 0 Å². The highest BCUT2D eigenvalue weighted by Crippen LogP contribution is 2.44. The van der Waals surface area contributed by atoms with E-state index in [0.717, 1.165) is 0 Å². The quantitative estimate of drug-likeness (QED) is 0.762. The number of fused-ring (bicyclic) bond motifs is 3. The van der Waals surface area contributed by atoms with Crippen molar-refractivity contribution in [2.75, 3.05) is 0 Å². The largest absolute Gasteiger partial charge is 0.386 e. The Morgan fingerprint density at radius 2 is 1.50 bits per heavy atom. The Bertz CT molecular complexity index is 406. The average molecular weight is 286 g/mol. The number of aliphatic hydroxyl groups is 1. The van der Waals surface area contributed by atoms with Gasteiger partial charge in [0.05, 0.1) is 0 Å². The first kappa shape index (κ1) is 14.4. The standard InChI is InChI=1S/C14H22O6/c1-6-7(15)8-9-10(18-13(2,3)17-9)11-12(16-8)20-14(4,5)19-11/h6-12,15H,1H2,2-5H3/t7-,8+,9+,10+,11-,12+/m1/s1. The summed E-state index contributed by atoms with van der Waals surface area (Å²) in [5.74, 6) is -1.49. The number of rotatable bonds is 2. The number of hydrogen-bond donors (Lipinski definition) is 1. The summed E-state index contributed by atoms with van der Waals surface area (Å²) in [6.07, 6.45) is -1.72. The van der Waals surface area contributed by atoms with Crippen molar-refractivity contribution in [2.45, 2.75) is 76.1 Å². The van der Waals surface area contributed by atoms with Crippen molar-refractivity contribution in [1.29, 1.82) is 0 Å². The molecule has 0 spiro atoms. The molecule has 0 aromatic carbocycles. The minimum atomic E-state index is -0.853. The number of aliphatic hydroxyl groups excluding tert-OH is 1. The maximum Gasteiger partial charge on any atom is 0.190 e. The summed E-state index contributed by atoms with van der Waals surface area (Å²) in [5.41, 5.74) is 0.